The summed E-state index contributed by atoms with van der Waals surface area (Å²) in [4.78, 5) is 68.3. The van der Waals surface area contributed by atoms with E-state index in [1.54, 1.807) is 43.4 Å². The maximum atomic E-state index is 13.4. The molecule has 0 saturated heterocycles. The van der Waals surface area contributed by atoms with Crippen molar-refractivity contribution in [2.45, 2.75) is 19.8 Å². The summed E-state index contributed by atoms with van der Waals surface area (Å²) < 4.78 is 5.21. The Kier molecular flexibility index (Phi) is 10.9. The fourth-order valence-electron chi connectivity index (χ4n) is 4.64. The molecule has 0 saturated carbocycles. The van der Waals surface area contributed by atoms with E-state index in [0.29, 0.717) is 29.3 Å². The van der Waals surface area contributed by atoms with Crippen LogP contribution in [0.5, 0.6) is 0 Å². The molecule has 0 fully saturated rings. The molecule has 0 radical (unpaired) electrons. The van der Waals surface area contributed by atoms with E-state index >= 15 is 0 Å². The number of amides is 5. The second-order valence-corrected chi connectivity index (χ2v) is 11.0. The van der Waals surface area contributed by atoms with Crippen molar-refractivity contribution in [3.8, 4) is 0 Å². The average Bonchev–Trinajstić information content (AvgIpc) is 3.08. The Morgan fingerprint density at radius 2 is 1.62 bits per heavy atom. The first-order valence-corrected chi connectivity index (χ1v) is 14.5. The van der Waals surface area contributed by atoms with Gasteiger partial charge in [-0.25, -0.2) is 4.79 Å². The lowest BCUT2D eigenvalue weighted by molar-refractivity contribution is -0.144. The number of anilines is 4. The smallest absolute Gasteiger partial charge is 0.323 e. The van der Waals surface area contributed by atoms with Crippen molar-refractivity contribution >= 4 is 52.5 Å². The number of fused-ring (bicyclic) bond motifs is 1. The third-order valence-electron chi connectivity index (χ3n) is 7.22. The highest BCUT2D eigenvalue weighted by molar-refractivity contribution is 6.10. The second kappa shape index (κ2) is 15.0. The summed E-state index contributed by atoms with van der Waals surface area (Å²) in [7, 11) is 5.32. The zero-order valence-electron chi connectivity index (χ0n) is 25.9. The highest BCUT2D eigenvalue weighted by Gasteiger charge is 2.30. The number of carbonyl (C=O) groups is 5. The fourth-order valence-corrected chi connectivity index (χ4v) is 4.64. The van der Waals surface area contributed by atoms with E-state index < -0.39 is 11.9 Å². The molecule has 12 heteroatoms. The Morgan fingerprint density at radius 3 is 2.33 bits per heavy atom. The molecule has 0 spiro atoms. The van der Waals surface area contributed by atoms with Crippen LogP contribution in [0.4, 0.5) is 27.5 Å². The Morgan fingerprint density at radius 1 is 0.911 bits per heavy atom. The van der Waals surface area contributed by atoms with Gasteiger partial charge in [0.2, 0.25) is 11.8 Å². The Hall–Kier alpha value is -5.23. The van der Waals surface area contributed by atoms with Crippen LogP contribution in [0.1, 0.15) is 27.9 Å². The number of carbonyl (C=O) groups excluding carboxylic acids is 5. The van der Waals surface area contributed by atoms with Crippen molar-refractivity contribution in [3.05, 3.63) is 83.4 Å². The molecule has 0 aliphatic carbocycles. The first kappa shape index (κ1) is 32.7. The van der Waals surface area contributed by atoms with Crippen LogP contribution in [-0.2, 0) is 25.5 Å². The molecule has 236 valence electrons. The molecule has 3 aromatic rings. The van der Waals surface area contributed by atoms with E-state index in [2.05, 4.69) is 16.0 Å². The minimum Gasteiger partial charge on any atom is -0.464 e. The molecule has 4 rings (SSSR count). The van der Waals surface area contributed by atoms with Crippen LogP contribution in [0.15, 0.2) is 66.7 Å². The predicted octanol–water partition coefficient (Wildman–Crippen LogP) is 3.73. The van der Waals surface area contributed by atoms with Gasteiger partial charge < -0.3 is 35.4 Å². The zero-order valence-corrected chi connectivity index (χ0v) is 25.9. The lowest BCUT2D eigenvalue weighted by Gasteiger charge is -2.19. The maximum absolute atomic E-state index is 13.4. The Bertz CT molecular complexity index is 1570. The molecule has 45 heavy (non-hydrogen) atoms. The largest absolute Gasteiger partial charge is 0.464 e. The highest BCUT2D eigenvalue weighted by atomic mass is 16.5. The minimum absolute atomic E-state index is 0.0215. The summed E-state index contributed by atoms with van der Waals surface area (Å²) in [6.07, 6.45) is 0.00870. The molecule has 3 N–H and O–H groups in total. The van der Waals surface area contributed by atoms with Gasteiger partial charge in [0, 0.05) is 37.2 Å². The maximum Gasteiger partial charge on any atom is 0.323 e. The monoisotopic (exact) mass is 614 g/mol. The average molecular weight is 615 g/mol. The third-order valence-corrected chi connectivity index (χ3v) is 7.22. The fraction of sp³-hybridized carbons (Fsp3) is 0.303. The van der Waals surface area contributed by atoms with Crippen molar-refractivity contribution in [2.75, 3.05) is 68.2 Å². The summed E-state index contributed by atoms with van der Waals surface area (Å²) in [5, 5.41) is 8.39. The normalized spacial score (nSPS) is 12.8. The summed E-state index contributed by atoms with van der Waals surface area (Å²) in [5.74, 6) is -1.49. The van der Waals surface area contributed by atoms with Gasteiger partial charge in [-0.2, -0.15) is 0 Å². The second-order valence-electron chi connectivity index (χ2n) is 11.0. The molecule has 1 aliphatic rings. The summed E-state index contributed by atoms with van der Waals surface area (Å²) in [6, 6.07) is 18.8. The lowest BCUT2D eigenvalue weighted by atomic mass is 10.1. The van der Waals surface area contributed by atoms with Crippen LogP contribution in [0.3, 0.4) is 0 Å². The molecule has 1 heterocycles. The Labute approximate surface area is 262 Å². The van der Waals surface area contributed by atoms with Gasteiger partial charge >= 0.3 is 12.0 Å². The number of esters is 1. The summed E-state index contributed by atoms with van der Waals surface area (Å²) in [6.45, 7) is 2.56. The minimum atomic E-state index is -0.453. The number of para-hydroxylation sites is 1. The number of aryl methyl sites for hydroxylation is 1. The van der Waals surface area contributed by atoms with Gasteiger partial charge in [0.05, 0.1) is 24.1 Å². The van der Waals surface area contributed by atoms with Crippen LogP contribution in [0, 0.1) is 6.92 Å². The van der Waals surface area contributed by atoms with Crippen LogP contribution in [0.2, 0.25) is 0 Å². The van der Waals surface area contributed by atoms with Gasteiger partial charge in [-0.1, -0.05) is 30.3 Å². The quantitative estimate of drug-likeness (QED) is 0.280. The number of nitrogens with one attached hydrogen (secondary N) is 3. The predicted molar refractivity (Wildman–Crippen MR) is 172 cm³/mol. The molecular formula is C33H38N6O6. The molecule has 1 aliphatic heterocycles. The number of hydrogen-bond acceptors (Lipinski definition) is 7. The van der Waals surface area contributed by atoms with Crippen molar-refractivity contribution in [2.24, 2.45) is 0 Å². The Balaban J connectivity index is 1.35. The van der Waals surface area contributed by atoms with Crippen LogP contribution in [-0.4, -0.2) is 86.9 Å². The molecule has 0 unspecified atom stereocenters. The van der Waals surface area contributed by atoms with Crippen LogP contribution < -0.4 is 20.9 Å². The molecule has 5 amide bonds. The third kappa shape index (κ3) is 9.13. The number of nitrogens with zero attached hydrogens (tertiary/aromatic N) is 3. The standard InChI is InChI=1S/C33H38N6O6/c1-22-7-5-6-8-27(22)36-33(44)35-24-11-9-23(10-12-24)19-29(40)34-25-13-14-28-26(20-25)32(43)39(21-30(41)38(28)4)16-15-31(42)45-18-17-37(2)3/h5-14,20H,15-19,21H2,1-4H3,(H,34,40)(H2,35,36,44). The topological polar surface area (TPSA) is 140 Å². The number of ether oxygens (including phenoxy) is 1. The lowest BCUT2D eigenvalue weighted by Crippen LogP contribution is -2.39. The zero-order chi connectivity index (χ0) is 32.5. The number of benzene rings is 3. The first-order chi connectivity index (χ1) is 21.5. The van der Waals surface area contributed by atoms with E-state index in [1.807, 2.05) is 50.2 Å². The van der Waals surface area contributed by atoms with Crippen molar-refractivity contribution in [1.29, 1.82) is 0 Å². The highest BCUT2D eigenvalue weighted by Crippen LogP contribution is 2.28. The number of likely N-dealkylation sites (N-methyl/N-ethyl adjacent to an activating group) is 2. The van der Waals surface area contributed by atoms with E-state index in [9.17, 15) is 24.0 Å². The van der Waals surface area contributed by atoms with E-state index in [4.69, 9.17) is 4.74 Å². The van der Waals surface area contributed by atoms with Crippen LogP contribution in [0.25, 0.3) is 0 Å². The van der Waals surface area contributed by atoms with Gasteiger partial charge in [0.15, 0.2) is 0 Å². The van der Waals surface area contributed by atoms with Gasteiger partial charge in [-0.15, -0.1) is 0 Å². The summed E-state index contributed by atoms with van der Waals surface area (Å²) in [5.41, 5.74) is 3.99. The number of hydrogen-bond donors (Lipinski definition) is 3. The molecule has 12 nitrogen and oxygen atoms in total. The van der Waals surface area contributed by atoms with Gasteiger partial charge in [-0.05, 0) is 68.5 Å². The van der Waals surface area contributed by atoms with E-state index in [1.165, 1.54) is 15.9 Å². The van der Waals surface area contributed by atoms with E-state index in [0.717, 1.165) is 11.1 Å². The van der Waals surface area contributed by atoms with Crippen molar-refractivity contribution in [3.63, 3.8) is 0 Å². The molecule has 0 atom stereocenters. The molecule has 3 aromatic carbocycles. The molecule has 0 bridgehead atoms. The van der Waals surface area contributed by atoms with Crippen molar-refractivity contribution in [1.82, 2.24) is 9.80 Å². The SMILES string of the molecule is Cc1ccccc1NC(=O)Nc1ccc(CC(=O)Nc2ccc3c(c2)C(=O)N(CCC(=O)OCCN(C)C)CC(=O)N3C)cc1. The summed E-state index contributed by atoms with van der Waals surface area (Å²) >= 11 is 0. The van der Waals surface area contributed by atoms with Gasteiger partial charge in [-0.3, -0.25) is 19.2 Å². The van der Waals surface area contributed by atoms with Crippen LogP contribution >= 0.6 is 0 Å². The first-order valence-electron chi connectivity index (χ1n) is 14.5. The molecular weight excluding hydrogens is 576 g/mol. The van der Waals surface area contributed by atoms with Gasteiger partial charge in [0.1, 0.15) is 13.2 Å². The van der Waals surface area contributed by atoms with Gasteiger partial charge in [0.25, 0.3) is 5.91 Å². The van der Waals surface area contributed by atoms with Crippen molar-refractivity contribution < 1.29 is 28.7 Å². The van der Waals surface area contributed by atoms with E-state index in [-0.39, 0.29) is 55.9 Å². The molecule has 0 aromatic heterocycles. The number of rotatable bonds is 11. The number of urea groups is 1.